The van der Waals surface area contributed by atoms with E-state index in [0.717, 1.165) is 5.75 Å². The van der Waals surface area contributed by atoms with Crippen molar-refractivity contribution in [2.24, 2.45) is 0 Å². The van der Waals surface area contributed by atoms with E-state index in [-0.39, 0.29) is 6.03 Å². The van der Waals surface area contributed by atoms with Gasteiger partial charge in [0.15, 0.2) is 0 Å². The highest BCUT2D eigenvalue weighted by Crippen LogP contribution is 2.22. The third-order valence-corrected chi connectivity index (χ3v) is 3.69. The van der Waals surface area contributed by atoms with Gasteiger partial charge in [-0.05, 0) is 55.3 Å². The van der Waals surface area contributed by atoms with E-state index in [2.05, 4.69) is 10.6 Å². The number of nitrogens with one attached hydrogen (secondary N) is 2. The second kappa shape index (κ2) is 8.09. The maximum Gasteiger partial charge on any atom is 0.319 e. The van der Waals surface area contributed by atoms with E-state index in [1.807, 2.05) is 32.0 Å². The van der Waals surface area contributed by atoms with Crippen molar-refractivity contribution in [3.05, 3.63) is 57.6 Å². The summed E-state index contributed by atoms with van der Waals surface area (Å²) in [6.45, 7) is 4.84. The van der Waals surface area contributed by atoms with Gasteiger partial charge in [0.25, 0.3) is 0 Å². The van der Waals surface area contributed by atoms with E-state index >= 15 is 0 Å². The monoisotopic (exact) mass is 352 g/mol. The van der Waals surface area contributed by atoms with Crippen LogP contribution in [0, 0.1) is 13.8 Å². The van der Waals surface area contributed by atoms with Crippen molar-refractivity contribution in [2.45, 2.75) is 13.8 Å². The lowest BCUT2D eigenvalue weighted by Crippen LogP contribution is -2.32. The highest BCUT2D eigenvalue weighted by Gasteiger charge is 2.04. The molecule has 0 fully saturated rings. The number of amides is 2. The fourth-order valence-electron chi connectivity index (χ4n) is 1.94. The first-order valence-corrected chi connectivity index (χ1v) is 7.90. The largest absolute Gasteiger partial charge is 0.492 e. The number of aryl methyl sites for hydroxylation is 2. The lowest BCUT2D eigenvalue weighted by atomic mass is 10.1. The van der Waals surface area contributed by atoms with E-state index < -0.39 is 0 Å². The Morgan fingerprint density at radius 2 is 1.74 bits per heavy atom. The minimum absolute atomic E-state index is 0.341. The summed E-state index contributed by atoms with van der Waals surface area (Å²) in [4.78, 5) is 11.8. The van der Waals surface area contributed by atoms with Crippen molar-refractivity contribution in [3.63, 3.8) is 0 Å². The van der Waals surface area contributed by atoms with Crippen molar-refractivity contribution in [2.75, 3.05) is 18.5 Å². The molecule has 4 nitrogen and oxygen atoms in total. The molecule has 2 amide bonds. The van der Waals surface area contributed by atoms with Gasteiger partial charge < -0.3 is 15.4 Å². The fourth-order valence-corrected chi connectivity index (χ4v) is 2.46. The van der Waals surface area contributed by atoms with Crippen molar-refractivity contribution in [1.29, 1.82) is 0 Å². The molecule has 23 heavy (non-hydrogen) atoms. The van der Waals surface area contributed by atoms with E-state index in [1.54, 1.807) is 18.2 Å². The number of hydrogen-bond donors (Lipinski definition) is 2. The minimum Gasteiger partial charge on any atom is -0.492 e. The maximum absolute atomic E-state index is 11.8. The van der Waals surface area contributed by atoms with Crippen molar-refractivity contribution in [3.8, 4) is 5.75 Å². The summed E-state index contributed by atoms with van der Waals surface area (Å²) in [5, 5.41) is 6.30. The first-order valence-electron chi connectivity index (χ1n) is 7.15. The number of halogens is 2. The van der Waals surface area contributed by atoms with Crippen LogP contribution in [0.1, 0.15) is 11.1 Å². The number of ether oxygens (including phenoxy) is 1. The molecule has 0 aliphatic heterocycles. The zero-order valence-corrected chi connectivity index (χ0v) is 14.5. The summed E-state index contributed by atoms with van der Waals surface area (Å²) in [5.41, 5.74) is 2.93. The first kappa shape index (κ1) is 17.4. The molecule has 0 heterocycles. The van der Waals surface area contributed by atoms with Crippen LogP contribution < -0.4 is 15.4 Å². The van der Waals surface area contributed by atoms with Crippen LogP contribution >= 0.6 is 23.2 Å². The van der Waals surface area contributed by atoms with Gasteiger partial charge in [-0.25, -0.2) is 4.79 Å². The van der Waals surface area contributed by atoms with Gasteiger partial charge in [-0.1, -0.05) is 29.3 Å². The molecule has 0 saturated heterocycles. The Hall–Kier alpha value is -1.91. The van der Waals surface area contributed by atoms with Crippen LogP contribution in [0.3, 0.4) is 0 Å². The molecule has 0 saturated carbocycles. The number of anilines is 1. The van der Waals surface area contributed by atoms with E-state index in [0.29, 0.717) is 28.9 Å². The lowest BCUT2D eigenvalue weighted by molar-refractivity contribution is 0.247. The third kappa shape index (κ3) is 5.66. The molecule has 6 heteroatoms. The quantitative estimate of drug-likeness (QED) is 0.758. The first-order chi connectivity index (χ1) is 10.9. The Labute approximate surface area is 145 Å². The van der Waals surface area contributed by atoms with Crippen molar-refractivity contribution in [1.82, 2.24) is 5.32 Å². The van der Waals surface area contributed by atoms with Crippen molar-refractivity contribution < 1.29 is 9.53 Å². The Kier molecular flexibility index (Phi) is 6.13. The van der Waals surface area contributed by atoms with Gasteiger partial charge in [0.1, 0.15) is 12.4 Å². The van der Waals surface area contributed by atoms with Gasteiger partial charge in [-0.15, -0.1) is 0 Å². The van der Waals surface area contributed by atoms with Crippen LogP contribution in [-0.2, 0) is 0 Å². The van der Waals surface area contributed by atoms with E-state index in [9.17, 15) is 4.79 Å². The molecule has 0 unspecified atom stereocenters. The molecule has 2 N–H and O–H groups in total. The molecule has 2 aromatic rings. The molecule has 122 valence electrons. The summed E-state index contributed by atoms with van der Waals surface area (Å²) in [6, 6.07) is 10.4. The second-order valence-electron chi connectivity index (χ2n) is 5.13. The number of benzene rings is 2. The number of urea groups is 1. The van der Waals surface area contributed by atoms with Gasteiger partial charge >= 0.3 is 6.03 Å². The van der Waals surface area contributed by atoms with Gasteiger partial charge in [0.05, 0.1) is 6.54 Å². The highest BCUT2D eigenvalue weighted by molar-refractivity contribution is 6.35. The second-order valence-corrected chi connectivity index (χ2v) is 6.01. The zero-order chi connectivity index (χ0) is 16.8. The molecular weight excluding hydrogens is 335 g/mol. The molecule has 0 aromatic heterocycles. The summed E-state index contributed by atoms with van der Waals surface area (Å²) in [5.74, 6) is 0.789. The summed E-state index contributed by atoms with van der Waals surface area (Å²) in [7, 11) is 0. The molecule has 2 aromatic carbocycles. The zero-order valence-electron chi connectivity index (χ0n) is 13.0. The van der Waals surface area contributed by atoms with Crippen LogP contribution in [0.5, 0.6) is 5.75 Å². The Bertz CT molecular complexity index is 685. The molecule has 2 rings (SSSR count). The molecule has 0 bridgehead atoms. The summed E-state index contributed by atoms with van der Waals surface area (Å²) < 4.78 is 5.60. The topological polar surface area (TPSA) is 50.4 Å². The molecule has 0 aliphatic rings. The molecular formula is C17H18Cl2N2O2. The third-order valence-electron chi connectivity index (χ3n) is 3.26. The van der Waals surface area contributed by atoms with Gasteiger partial charge in [0, 0.05) is 15.7 Å². The number of carbonyl (C=O) groups excluding carboxylic acids is 1. The minimum atomic E-state index is -0.341. The molecule has 0 spiro atoms. The average Bonchev–Trinajstić information content (AvgIpc) is 2.46. The smallest absolute Gasteiger partial charge is 0.319 e. The normalized spacial score (nSPS) is 10.3. The number of hydrogen-bond acceptors (Lipinski definition) is 2. The molecule has 0 radical (unpaired) electrons. The summed E-state index contributed by atoms with van der Waals surface area (Å²) >= 11 is 11.8. The molecule has 0 atom stereocenters. The van der Waals surface area contributed by atoms with Crippen LogP contribution in [0.25, 0.3) is 0 Å². The van der Waals surface area contributed by atoms with Crippen LogP contribution in [0.15, 0.2) is 36.4 Å². The lowest BCUT2D eigenvalue weighted by Gasteiger charge is -2.10. The predicted octanol–water partition coefficient (Wildman–Crippen LogP) is 4.81. The fraction of sp³-hybridized carbons (Fsp3) is 0.235. The standard InChI is InChI=1S/C17H18Cl2N2O2/c1-11-3-4-16(7-12(11)2)23-6-5-20-17(22)21-15-9-13(18)8-14(19)10-15/h3-4,7-10H,5-6H2,1-2H3,(H2,20,21,22). The number of carbonyl (C=O) groups is 1. The number of rotatable bonds is 5. The Morgan fingerprint density at radius 3 is 2.39 bits per heavy atom. The molecule has 0 aliphatic carbocycles. The Morgan fingerprint density at radius 1 is 1.04 bits per heavy atom. The van der Waals surface area contributed by atoms with Gasteiger partial charge in [-0.3, -0.25) is 0 Å². The Balaban J connectivity index is 1.75. The van der Waals surface area contributed by atoms with E-state index in [1.165, 1.54) is 11.1 Å². The van der Waals surface area contributed by atoms with Crippen LogP contribution in [0.2, 0.25) is 10.0 Å². The average molecular weight is 353 g/mol. The van der Waals surface area contributed by atoms with Gasteiger partial charge in [-0.2, -0.15) is 0 Å². The van der Waals surface area contributed by atoms with Gasteiger partial charge in [0.2, 0.25) is 0 Å². The maximum atomic E-state index is 11.8. The van der Waals surface area contributed by atoms with Crippen LogP contribution in [-0.4, -0.2) is 19.2 Å². The summed E-state index contributed by atoms with van der Waals surface area (Å²) in [6.07, 6.45) is 0. The predicted molar refractivity (Wildman–Crippen MR) is 94.9 cm³/mol. The SMILES string of the molecule is Cc1ccc(OCCNC(=O)Nc2cc(Cl)cc(Cl)c2)cc1C. The van der Waals surface area contributed by atoms with E-state index in [4.69, 9.17) is 27.9 Å². The van der Waals surface area contributed by atoms with Crippen LogP contribution in [0.4, 0.5) is 10.5 Å². The van der Waals surface area contributed by atoms with Crippen molar-refractivity contribution >= 4 is 34.9 Å². The highest BCUT2D eigenvalue weighted by atomic mass is 35.5.